The zero-order valence-electron chi connectivity index (χ0n) is 12.6. The first-order chi connectivity index (χ1) is 9.58. The van der Waals surface area contributed by atoms with Crippen LogP contribution in [-0.4, -0.2) is 63.2 Å². The summed E-state index contributed by atoms with van der Waals surface area (Å²) >= 11 is 0. The van der Waals surface area contributed by atoms with Crippen molar-refractivity contribution in [3.8, 4) is 0 Å². The van der Waals surface area contributed by atoms with Crippen molar-refractivity contribution in [3.63, 3.8) is 0 Å². The lowest BCUT2D eigenvalue weighted by atomic mass is 10.3. The van der Waals surface area contributed by atoms with E-state index in [-0.39, 0.29) is 5.91 Å². The van der Waals surface area contributed by atoms with Crippen molar-refractivity contribution in [1.82, 2.24) is 9.80 Å². The molecule has 0 aromatic carbocycles. The normalized spacial score (nSPS) is 11.1. The summed E-state index contributed by atoms with van der Waals surface area (Å²) in [6.45, 7) is 2.98. The molecule has 1 aromatic rings. The fourth-order valence-electron chi connectivity index (χ4n) is 1.85. The van der Waals surface area contributed by atoms with Crippen LogP contribution in [0.1, 0.15) is 22.7 Å². The Balaban J connectivity index is 2.62. The standard InChI is InChI=1S/C14H25N3O3/c1-16(2)7-4-8-17(9-10-19-3)14(18)13-6-5-12(11-15)20-13/h5-6H,4,7-11,15H2,1-3H3. The molecule has 0 bridgehead atoms. The SMILES string of the molecule is COCCN(CCCN(C)C)C(=O)c1ccc(CN)o1. The minimum absolute atomic E-state index is 0.111. The second-order valence-electron chi connectivity index (χ2n) is 4.91. The van der Waals surface area contributed by atoms with Gasteiger partial charge in [0.2, 0.25) is 0 Å². The van der Waals surface area contributed by atoms with Crippen LogP contribution in [0.25, 0.3) is 0 Å². The minimum Gasteiger partial charge on any atom is -0.455 e. The molecule has 1 rings (SSSR count). The van der Waals surface area contributed by atoms with Gasteiger partial charge >= 0.3 is 0 Å². The summed E-state index contributed by atoms with van der Waals surface area (Å²) in [6.07, 6.45) is 0.910. The molecule has 1 heterocycles. The summed E-state index contributed by atoms with van der Waals surface area (Å²) < 4.78 is 10.5. The van der Waals surface area contributed by atoms with E-state index in [1.54, 1.807) is 24.1 Å². The van der Waals surface area contributed by atoms with Crippen LogP contribution in [0.15, 0.2) is 16.5 Å². The second kappa shape index (κ2) is 8.73. The van der Waals surface area contributed by atoms with Crippen LogP contribution in [-0.2, 0) is 11.3 Å². The van der Waals surface area contributed by atoms with E-state index < -0.39 is 0 Å². The number of methoxy groups -OCH3 is 1. The molecule has 0 aliphatic heterocycles. The van der Waals surface area contributed by atoms with Gasteiger partial charge in [0, 0.05) is 20.2 Å². The quantitative estimate of drug-likeness (QED) is 0.725. The Bertz CT molecular complexity index is 404. The number of carbonyl (C=O) groups is 1. The fourth-order valence-corrected chi connectivity index (χ4v) is 1.85. The molecule has 0 aliphatic carbocycles. The highest BCUT2D eigenvalue weighted by Gasteiger charge is 2.18. The van der Waals surface area contributed by atoms with Gasteiger partial charge in [0.15, 0.2) is 5.76 Å². The van der Waals surface area contributed by atoms with Crippen LogP contribution in [0.4, 0.5) is 0 Å². The second-order valence-corrected chi connectivity index (χ2v) is 4.91. The van der Waals surface area contributed by atoms with Crippen molar-refractivity contribution in [2.45, 2.75) is 13.0 Å². The number of hydrogen-bond donors (Lipinski definition) is 1. The lowest BCUT2D eigenvalue weighted by Crippen LogP contribution is -2.35. The summed E-state index contributed by atoms with van der Waals surface area (Å²) in [5.74, 6) is 0.847. The van der Waals surface area contributed by atoms with E-state index in [0.29, 0.717) is 37.8 Å². The molecule has 0 spiro atoms. The van der Waals surface area contributed by atoms with E-state index in [1.807, 2.05) is 14.1 Å². The number of nitrogens with zero attached hydrogens (tertiary/aromatic N) is 2. The Labute approximate surface area is 120 Å². The molecular formula is C14H25N3O3. The number of amides is 1. The van der Waals surface area contributed by atoms with Crippen LogP contribution in [0, 0.1) is 0 Å². The third-order valence-corrected chi connectivity index (χ3v) is 2.96. The first kappa shape index (κ1) is 16.7. The Kier molecular flexibility index (Phi) is 7.28. The maximum absolute atomic E-state index is 12.4. The van der Waals surface area contributed by atoms with Crippen molar-refractivity contribution in [1.29, 1.82) is 0 Å². The lowest BCUT2D eigenvalue weighted by molar-refractivity contribution is 0.0656. The van der Waals surface area contributed by atoms with Gasteiger partial charge < -0.3 is 24.7 Å². The third-order valence-electron chi connectivity index (χ3n) is 2.96. The summed E-state index contributed by atoms with van der Waals surface area (Å²) in [5.41, 5.74) is 5.49. The van der Waals surface area contributed by atoms with Crippen molar-refractivity contribution < 1.29 is 13.9 Å². The Morgan fingerprint density at radius 2 is 2.05 bits per heavy atom. The highest BCUT2D eigenvalue weighted by atomic mass is 16.5. The van der Waals surface area contributed by atoms with Gasteiger partial charge in [-0.1, -0.05) is 0 Å². The summed E-state index contributed by atoms with van der Waals surface area (Å²) in [4.78, 5) is 16.2. The molecule has 6 heteroatoms. The molecule has 1 aromatic heterocycles. The van der Waals surface area contributed by atoms with E-state index in [1.165, 1.54) is 0 Å². The van der Waals surface area contributed by atoms with E-state index in [9.17, 15) is 4.79 Å². The Hall–Kier alpha value is -1.37. The molecular weight excluding hydrogens is 258 g/mol. The van der Waals surface area contributed by atoms with Crippen molar-refractivity contribution in [2.24, 2.45) is 5.73 Å². The molecule has 20 heavy (non-hydrogen) atoms. The average molecular weight is 283 g/mol. The number of ether oxygens (including phenoxy) is 1. The molecule has 0 fully saturated rings. The zero-order valence-corrected chi connectivity index (χ0v) is 12.6. The molecule has 2 N–H and O–H groups in total. The largest absolute Gasteiger partial charge is 0.455 e. The van der Waals surface area contributed by atoms with E-state index in [0.717, 1.165) is 13.0 Å². The first-order valence-corrected chi connectivity index (χ1v) is 6.80. The highest BCUT2D eigenvalue weighted by Crippen LogP contribution is 2.11. The molecule has 114 valence electrons. The van der Waals surface area contributed by atoms with Crippen molar-refractivity contribution in [2.75, 3.05) is 47.4 Å². The maximum Gasteiger partial charge on any atom is 0.289 e. The van der Waals surface area contributed by atoms with Crippen molar-refractivity contribution in [3.05, 3.63) is 23.7 Å². The van der Waals surface area contributed by atoms with E-state index >= 15 is 0 Å². The zero-order chi connectivity index (χ0) is 15.0. The predicted octanol–water partition coefficient (Wildman–Crippen LogP) is 0.779. The summed E-state index contributed by atoms with van der Waals surface area (Å²) in [6, 6.07) is 3.41. The number of nitrogens with two attached hydrogens (primary N) is 1. The number of hydrogen-bond acceptors (Lipinski definition) is 5. The van der Waals surface area contributed by atoms with Gasteiger partial charge in [0.05, 0.1) is 13.2 Å². The average Bonchev–Trinajstić information content (AvgIpc) is 2.90. The van der Waals surface area contributed by atoms with Gasteiger partial charge in [-0.2, -0.15) is 0 Å². The smallest absolute Gasteiger partial charge is 0.289 e. The molecule has 0 saturated heterocycles. The molecule has 0 atom stereocenters. The summed E-state index contributed by atoms with van der Waals surface area (Å²) in [5, 5.41) is 0. The van der Waals surface area contributed by atoms with Gasteiger partial charge in [0.25, 0.3) is 5.91 Å². The molecule has 0 radical (unpaired) electrons. The summed E-state index contributed by atoms with van der Waals surface area (Å²) in [7, 11) is 5.66. The van der Waals surface area contributed by atoms with Crippen LogP contribution in [0.3, 0.4) is 0 Å². The number of carbonyl (C=O) groups excluding carboxylic acids is 1. The lowest BCUT2D eigenvalue weighted by Gasteiger charge is -2.22. The molecule has 6 nitrogen and oxygen atoms in total. The highest BCUT2D eigenvalue weighted by molar-refractivity contribution is 5.91. The molecule has 0 saturated carbocycles. The van der Waals surface area contributed by atoms with Gasteiger partial charge in [-0.15, -0.1) is 0 Å². The first-order valence-electron chi connectivity index (χ1n) is 6.80. The van der Waals surface area contributed by atoms with Gasteiger partial charge in [-0.25, -0.2) is 0 Å². The van der Waals surface area contributed by atoms with E-state index in [2.05, 4.69) is 4.90 Å². The van der Waals surface area contributed by atoms with Gasteiger partial charge in [-0.3, -0.25) is 4.79 Å². The molecule has 0 aliphatic rings. The minimum atomic E-state index is -0.111. The van der Waals surface area contributed by atoms with Crippen LogP contribution in [0.2, 0.25) is 0 Å². The third kappa shape index (κ3) is 5.32. The van der Waals surface area contributed by atoms with Crippen molar-refractivity contribution >= 4 is 5.91 Å². The molecule has 0 unspecified atom stereocenters. The van der Waals surface area contributed by atoms with E-state index in [4.69, 9.17) is 14.9 Å². The topological polar surface area (TPSA) is 71.9 Å². The predicted molar refractivity (Wildman–Crippen MR) is 77.5 cm³/mol. The maximum atomic E-state index is 12.4. The monoisotopic (exact) mass is 283 g/mol. The number of furan rings is 1. The van der Waals surface area contributed by atoms with Gasteiger partial charge in [0.1, 0.15) is 5.76 Å². The number of rotatable bonds is 9. The Morgan fingerprint density at radius 1 is 1.30 bits per heavy atom. The van der Waals surface area contributed by atoms with Crippen LogP contribution < -0.4 is 5.73 Å². The Morgan fingerprint density at radius 3 is 2.60 bits per heavy atom. The fraction of sp³-hybridized carbons (Fsp3) is 0.643. The van der Waals surface area contributed by atoms with Gasteiger partial charge in [-0.05, 0) is 39.2 Å². The van der Waals surface area contributed by atoms with Crippen LogP contribution in [0.5, 0.6) is 0 Å². The molecule has 1 amide bonds. The van der Waals surface area contributed by atoms with Crippen LogP contribution >= 0.6 is 0 Å².